The van der Waals surface area contributed by atoms with Crippen LogP contribution >= 0.6 is 15.9 Å². The van der Waals surface area contributed by atoms with E-state index in [9.17, 15) is 4.39 Å². The zero-order valence-electron chi connectivity index (χ0n) is 14.5. The van der Waals surface area contributed by atoms with Gasteiger partial charge in [0.15, 0.2) is 0 Å². The molecule has 0 atom stereocenters. The van der Waals surface area contributed by atoms with Gasteiger partial charge in [-0.1, -0.05) is 12.1 Å². The van der Waals surface area contributed by atoms with Crippen molar-refractivity contribution in [1.82, 2.24) is 0 Å². The van der Waals surface area contributed by atoms with Crippen molar-refractivity contribution in [3.63, 3.8) is 0 Å². The predicted octanol–water partition coefficient (Wildman–Crippen LogP) is 2.51. The van der Waals surface area contributed by atoms with E-state index in [-0.39, 0.29) is 5.82 Å². The summed E-state index contributed by atoms with van der Waals surface area (Å²) in [6.45, 7) is 4.48. The smallest absolute Gasteiger partial charge is 0.146 e. The van der Waals surface area contributed by atoms with Crippen molar-refractivity contribution in [3.05, 3.63) is 52.3 Å². The Kier molecular flexibility index (Phi) is 5.81. The molecule has 0 saturated carbocycles. The topological polar surface area (TPSA) is 26.1 Å². The summed E-state index contributed by atoms with van der Waals surface area (Å²) in [5.41, 5.74) is 1.84. The molecule has 134 valence electrons. The van der Waals surface area contributed by atoms with Crippen LogP contribution in [0.4, 0.5) is 10.1 Å². The molecule has 6 heteroatoms. The summed E-state index contributed by atoms with van der Waals surface area (Å²) < 4.78 is 25.7. The Morgan fingerprint density at radius 2 is 1.76 bits per heavy atom. The molecule has 1 fully saturated rings. The van der Waals surface area contributed by atoms with Crippen LogP contribution in [0, 0.1) is 5.82 Å². The maximum absolute atomic E-state index is 14.0. The van der Waals surface area contributed by atoms with Gasteiger partial charge in [-0.05, 0) is 34.1 Å². The van der Waals surface area contributed by atoms with Crippen LogP contribution in [0.25, 0.3) is 0 Å². The lowest BCUT2D eigenvalue weighted by Gasteiger charge is -2.34. The van der Waals surface area contributed by atoms with E-state index in [0.717, 1.165) is 54.3 Å². The summed E-state index contributed by atoms with van der Waals surface area (Å²) >= 11 is 3.54. The molecule has 0 radical (unpaired) electrons. The van der Waals surface area contributed by atoms with E-state index in [1.807, 2.05) is 18.2 Å². The van der Waals surface area contributed by atoms with Gasteiger partial charge < -0.3 is 19.3 Å². The molecule has 1 saturated heterocycles. The van der Waals surface area contributed by atoms with Crippen LogP contribution in [0.5, 0.6) is 11.5 Å². The molecule has 0 aliphatic carbocycles. The number of rotatable bonds is 5. The summed E-state index contributed by atoms with van der Waals surface area (Å²) in [4.78, 5) is 3.59. The second kappa shape index (κ2) is 8.06. The maximum Gasteiger partial charge on any atom is 0.146 e. The zero-order chi connectivity index (χ0) is 17.8. The van der Waals surface area contributed by atoms with Gasteiger partial charge in [0.2, 0.25) is 0 Å². The molecule has 0 bridgehead atoms. The second-order valence-corrected chi connectivity index (χ2v) is 7.02. The number of methoxy groups -OCH3 is 2. The highest BCUT2D eigenvalue weighted by atomic mass is 79.9. The number of ether oxygens (including phenoxy) is 2. The SMILES string of the molecule is COc1cc(OC)c(C[NH+]2CCN(c3ccccc3F)CC2)cc1Br. The number of benzene rings is 2. The highest BCUT2D eigenvalue weighted by Gasteiger charge is 2.23. The Morgan fingerprint density at radius 3 is 2.40 bits per heavy atom. The van der Waals surface area contributed by atoms with Gasteiger partial charge in [-0.15, -0.1) is 0 Å². The Morgan fingerprint density at radius 1 is 1.08 bits per heavy atom. The van der Waals surface area contributed by atoms with E-state index in [4.69, 9.17) is 9.47 Å². The average Bonchev–Trinajstić information content (AvgIpc) is 2.63. The second-order valence-electron chi connectivity index (χ2n) is 6.16. The molecule has 1 aliphatic heterocycles. The van der Waals surface area contributed by atoms with Crippen molar-refractivity contribution in [3.8, 4) is 11.5 Å². The summed E-state index contributed by atoms with van der Waals surface area (Å²) in [5, 5.41) is 0. The molecule has 2 aromatic carbocycles. The Labute approximate surface area is 156 Å². The van der Waals surface area contributed by atoms with Crippen molar-refractivity contribution in [2.24, 2.45) is 0 Å². The van der Waals surface area contributed by atoms with Gasteiger partial charge in [-0.2, -0.15) is 0 Å². The van der Waals surface area contributed by atoms with Crippen molar-refractivity contribution in [2.75, 3.05) is 45.3 Å². The third-order valence-corrected chi connectivity index (χ3v) is 5.28. The van der Waals surface area contributed by atoms with Gasteiger partial charge >= 0.3 is 0 Å². The third-order valence-electron chi connectivity index (χ3n) is 4.66. The monoisotopic (exact) mass is 409 g/mol. The standard InChI is InChI=1S/C19H22BrFN2O2/c1-24-18-12-19(25-2)15(20)11-14(18)13-22-7-9-23(10-8-22)17-6-4-3-5-16(17)21/h3-6,11-12H,7-10,13H2,1-2H3/p+1. The molecule has 0 aromatic heterocycles. The fraction of sp³-hybridized carbons (Fsp3) is 0.368. The van der Waals surface area contributed by atoms with Gasteiger partial charge in [-0.25, -0.2) is 4.39 Å². The molecular weight excluding hydrogens is 387 g/mol. The summed E-state index contributed by atoms with van der Waals surface area (Å²) in [7, 11) is 3.32. The molecule has 2 aromatic rings. The van der Waals surface area contributed by atoms with Crippen LogP contribution < -0.4 is 19.3 Å². The number of piperazine rings is 1. The van der Waals surface area contributed by atoms with E-state index in [1.54, 1.807) is 20.3 Å². The maximum atomic E-state index is 14.0. The Balaban J connectivity index is 1.66. The quantitative estimate of drug-likeness (QED) is 0.821. The lowest BCUT2D eigenvalue weighted by Crippen LogP contribution is -3.13. The summed E-state index contributed by atoms with van der Waals surface area (Å²) in [6.07, 6.45) is 0. The molecular formula is C19H23BrFN2O2+. The van der Waals surface area contributed by atoms with Crippen molar-refractivity contribution >= 4 is 21.6 Å². The van der Waals surface area contributed by atoms with Crippen LogP contribution in [0.3, 0.4) is 0 Å². The van der Waals surface area contributed by atoms with Crippen LogP contribution in [-0.2, 0) is 6.54 Å². The molecule has 4 nitrogen and oxygen atoms in total. The molecule has 0 unspecified atom stereocenters. The average molecular weight is 410 g/mol. The van der Waals surface area contributed by atoms with Gasteiger partial charge in [-0.3, -0.25) is 0 Å². The predicted molar refractivity (Wildman–Crippen MR) is 100 cm³/mol. The highest BCUT2D eigenvalue weighted by molar-refractivity contribution is 9.10. The number of hydrogen-bond donors (Lipinski definition) is 1. The Bertz CT molecular complexity index is 733. The number of nitrogens with one attached hydrogen (secondary N) is 1. The van der Waals surface area contributed by atoms with Gasteiger partial charge in [0, 0.05) is 11.6 Å². The fourth-order valence-corrected chi connectivity index (χ4v) is 3.83. The molecule has 0 amide bonds. The first-order valence-corrected chi connectivity index (χ1v) is 9.15. The zero-order valence-corrected chi connectivity index (χ0v) is 16.1. The van der Waals surface area contributed by atoms with Crippen LogP contribution in [0.15, 0.2) is 40.9 Å². The van der Waals surface area contributed by atoms with Crippen LogP contribution in [0.2, 0.25) is 0 Å². The van der Waals surface area contributed by atoms with Crippen LogP contribution in [0.1, 0.15) is 5.56 Å². The minimum atomic E-state index is -0.147. The van der Waals surface area contributed by atoms with Gasteiger partial charge in [0.05, 0.1) is 50.6 Å². The first kappa shape index (κ1) is 18.0. The van der Waals surface area contributed by atoms with Gasteiger partial charge in [0.25, 0.3) is 0 Å². The van der Waals surface area contributed by atoms with Crippen molar-refractivity contribution in [2.45, 2.75) is 6.54 Å². The van der Waals surface area contributed by atoms with E-state index in [0.29, 0.717) is 5.69 Å². The largest absolute Gasteiger partial charge is 0.496 e. The number of para-hydroxylation sites is 1. The van der Waals surface area contributed by atoms with E-state index < -0.39 is 0 Å². The van der Waals surface area contributed by atoms with Crippen molar-refractivity contribution in [1.29, 1.82) is 0 Å². The number of quaternary nitrogens is 1. The minimum absolute atomic E-state index is 0.147. The van der Waals surface area contributed by atoms with Gasteiger partial charge in [0.1, 0.15) is 23.9 Å². The summed E-state index contributed by atoms with van der Waals surface area (Å²) in [5.74, 6) is 1.45. The van der Waals surface area contributed by atoms with E-state index in [1.165, 1.54) is 11.0 Å². The molecule has 1 N–H and O–H groups in total. The summed E-state index contributed by atoms with van der Waals surface area (Å²) in [6, 6.07) is 11.0. The first-order chi connectivity index (χ1) is 12.1. The number of nitrogens with zero attached hydrogens (tertiary/aromatic N) is 1. The minimum Gasteiger partial charge on any atom is -0.496 e. The molecule has 0 spiro atoms. The Hall–Kier alpha value is -1.79. The molecule has 1 heterocycles. The fourth-order valence-electron chi connectivity index (χ4n) is 3.28. The van der Waals surface area contributed by atoms with Crippen molar-refractivity contribution < 1.29 is 18.8 Å². The molecule has 1 aliphatic rings. The molecule has 25 heavy (non-hydrogen) atoms. The third kappa shape index (κ3) is 4.07. The highest BCUT2D eigenvalue weighted by Crippen LogP contribution is 2.32. The lowest BCUT2D eigenvalue weighted by molar-refractivity contribution is -0.914. The first-order valence-electron chi connectivity index (χ1n) is 8.36. The van der Waals surface area contributed by atoms with Crippen LogP contribution in [-0.4, -0.2) is 40.4 Å². The molecule has 3 rings (SSSR count). The number of hydrogen-bond acceptors (Lipinski definition) is 3. The normalized spacial score (nSPS) is 15.3. The van der Waals surface area contributed by atoms with E-state index in [2.05, 4.69) is 26.9 Å². The number of anilines is 1. The number of halogens is 2. The lowest BCUT2D eigenvalue weighted by atomic mass is 10.1. The van der Waals surface area contributed by atoms with E-state index >= 15 is 0 Å².